The van der Waals surface area contributed by atoms with Gasteiger partial charge >= 0.3 is 0 Å². The van der Waals surface area contributed by atoms with E-state index in [9.17, 15) is 18.8 Å². The summed E-state index contributed by atoms with van der Waals surface area (Å²) in [7, 11) is 0. The molecular weight excluding hydrogens is 453 g/mol. The van der Waals surface area contributed by atoms with E-state index in [1.54, 1.807) is 18.2 Å². The summed E-state index contributed by atoms with van der Waals surface area (Å²) in [5, 5.41) is 7.22. The van der Waals surface area contributed by atoms with Gasteiger partial charge in [-0.3, -0.25) is 14.4 Å². The van der Waals surface area contributed by atoms with E-state index in [0.29, 0.717) is 22.8 Å². The van der Waals surface area contributed by atoms with Gasteiger partial charge in [-0.25, -0.2) is 4.39 Å². The number of fused-ring (bicyclic) bond motifs is 2. The third-order valence-corrected chi connectivity index (χ3v) is 5.94. The van der Waals surface area contributed by atoms with Crippen molar-refractivity contribution in [3.8, 4) is 0 Å². The summed E-state index contributed by atoms with van der Waals surface area (Å²) in [5.41, 5.74) is 1.10. The largest absolute Gasteiger partial charge is 0.467 e. The predicted molar refractivity (Wildman–Crippen MR) is 125 cm³/mol. The van der Waals surface area contributed by atoms with E-state index in [2.05, 4.69) is 10.4 Å². The Labute approximate surface area is 199 Å². The molecule has 1 aliphatic heterocycles. The molecule has 180 valence electrons. The van der Waals surface area contributed by atoms with E-state index in [-0.39, 0.29) is 42.2 Å². The van der Waals surface area contributed by atoms with Crippen LogP contribution in [0.25, 0.3) is 5.65 Å². The Balaban J connectivity index is 1.58. The van der Waals surface area contributed by atoms with Crippen LogP contribution < -0.4 is 10.9 Å². The molecule has 1 N–H and O–H groups in total. The maximum absolute atomic E-state index is 13.4. The molecule has 0 saturated heterocycles. The third-order valence-electron chi connectivity index (χ3n) is 5.94. The molecule has 0 unspecified atom stereocenters. The van der Waals surface area contributed by atoms with Crippen LogP contribution in [0.15, 0.2) is 57.9 Å². The first-order valence-corrected chi connectivity index (χ1v) is 11.1. The highest BCUT2D eigenvalue weighted by atomic mass is 19.1. The zero-order valence-corrected chi connectivity index (χ0v) is 19.5. The molecule has 0 spiro atoms. The molecule has 0 radical (unpaired) electrons. The number of nitrogens with zero attached hydrogens (tertiary/aromatic N) is 4. The van der Waals surface area contributed by atoms with E-state index in [4.69, 9.17) is 4.42 Å². The summed E-state index contributed by atoms with van der Waals surface area (Å²) in [4.78, 5) is 41.3. The zero-order chi connectivity index (χ0) is 24.9. The van der Waals surface area contributed by atoms with Gasteiger partial charge in [0, 0.05) is 17.2 Å². The van der Waals surface area contributed by atoms with E-state index >= 15 is 0 Å². The summed E-state index contributed by atoms with van der Waals surface area (Å²) < 4.78 is 21.4. The van der Waals surface area contributed by atoms with Crippen LogP contribution in [0.3, 0.4) is 0 Å². The van der Waals surface area contributed by atoms with Crippen molar-refractivity contribution in [2.75, 3.05) is 5.32 Å². The van der Waals surface area contributed by atoms with E-state index in [1.165, 1.54) is 44.5 Å². The van der Waals surface area contributed by atoms with Crippen molar-refractivity contribution in [2.45, 2.75) is 45.8 Å². The minimum atomic E-state index is -0.430. The van der Waals surface area contributed by atoms with Crippen molar-refractivity contribution in [3.05, 3.63) is 87.6 Å². The van der Waals surface area contributed by atoms with Crippen LogP contribution in [0.4, 0.5) is 10.1 Å². The molecule has 0 atom stereocenters. The van der Waals surface area contributed by atoms with Crippen molar-refractivity contribution in [2.24, 2.45) is 0 Å². The SMILES string of the molecule is CC(C)(C)c1cc2n(CC(=O)Nc3ccc(F)cc3)c3c(c(=O)n2n1)CN(Cc1ccco1)C3=O. The number of anilines is 1. The molecule has 4 aromatic rings. The quantitative estimate of drug-likeness (QED) is 0.475. The predicted octanol–water partition coefficient (Wildman–Crippen LogP) is 3.32. The second kappa shape index (κ2) is 8.23. The fraction of sp³-hybridized carbons (Fsp3) is 0.280. The van der Waals surface area contributed by atoms with Gasteiger partial charge in [0.1, 0.15) is 29.5 Å². The topological polar surface area (TPSA) is 102 Å². The molecule has 10 heteroatoms. The number of carbonyl (C=O) groups excluding carboxylic acids is 2. The van der Waals surface area contributed by atoms with Gasteiger partial charge in [-0.2, -0.15) is 9.61 Å². The first-order valence-electron chi connectivity index (χ1n) is 11.1. The smallest absolute Gasteiger partial charge is 0.280 e. The van der Waals surface area contributed by atoms with Crippen molar-refractivity contribution >= 4 is 23.1 Å². The highest BCUT2D eigenvalue weighted by Crippen LogP contribution is 2.27. The molecule has 0 bridgehead atoms. The fourth-order valence-electron chi connectivity index (χ4n) is 4.14. The second-order valence-electron chi connectivity index (χ2n) is 9.56. The van der Waals surface area contributed by atoms with E-state index in [0.717, 1.165) is 0 Å². The van der Waals surface area contributed by atoms with E-state index in [1.807, 2.05) is 20.8 Å². The number of halogens is 1. The third kappa shape index (κ3) is 4.11. The van der Waals surface area contributed by atoms with Crippen molar-refractivity contribution in [1.29, 1.82) is 0 Å². The summed E-state index contributed by atoms with van der Waals surface area (Å²) >= 11 is 0. The molecular formula is C25H24FN5O4. The first-order chi connectivity index (χ1) is 16.6. The van der Waals surface area contributed by atoms with Crippen LogP contribution in [-0.4, -0.2) is 30.9 Å². The van der Waals surface area contributed by atoms with Crippen LogP contribution in [0.2, 0.25) is 0 Å². The lowest BCUT2D eigenvalue weighted by atomic mass is 9.93. The maximum atomic E-state index is 13.4. The molecule has 2 amide bonds. The van der Waals surface area contributed by atoms with Gasteiger partial charge in [0.15, 0.2) is 0 Å². The number of furan rings is 1. The number of hydrogen-bond donors (Lipinski definition) is 1. The van der Waals surface area contributed by atoms with Gasteiger partial charge in [-0.1, -0.05) is 20.8 Å². The number of benzene rings is 1. The molecule has 35 heavy (non-hydrogen) atoms. The molecule has 0 saturated carbocycles. The number of hydrogen-bond acceptors (Lipinski definition) is 5. The Morgan fingerprint density at radius 2 is 1.91 bits per heavy atom. The van der Waals surface area contributed by atoms with Gasteiger partial charge in [-0.05, 0) is 36.4 Å². The monoisotopic (exact) mass is 477 g/mol. The van der Waals surface area contributed by atoms with Crippen molar-refractivity contribution in [3.63, 3.8) is 0 Å². The number of rotatable bonds is 5. The Morgan fingerprint density at radius 1 is 1.17 bits per heavy atom. The molecule has 9 nitrogen and oxygen atoms in total. The van der Waals surface area contributed by atoms with Crippen LogP contribution >= 0.6 is 0 Å². The van der Waals surface area contributed by atoms with Crippen LogP contribution in [0.5, 0.6) is 0 Å². The maximum Gasteiger partial charge on any atom is 0.280 e. The van der Waals surface area contributed by atoms with Crippen molar-refractivity contribution < 1.29 is 18.4 Å². The van der Waals surface area contributed by atoms with Crippen LogP contribution in [0.1, 0.15) is 48.3 Å². The lowest BCUT2D eigenvalue weighted by Gasteiger charge is -2.15. The zero-order valence-electron chi connectivity index (χ0n) is 19.5. The van der Waals surface area contributed by atoms with E-state index < -0.39 is 17.3 Å². The second-order valence-corrected chi connectivity index (χ2v) is 9.56. The summed E-state index contributed by atoms with van der Waals surface area (Å²) in [6.07, 6.45) is 1.52. The van der Waals surface area contributed by atoms with Gasteiger partial charge in [0.2, 0.25) is 5.91 Å². The number of aromatic nitrogens is 3. The van der Waals surface area contributed by atoms with Gasteiger partial charge < -0.3 is 19.2 Å². The minimum absolute atomic E-state index is 0.0773. The van der Waals surface area contributed by atoms with Gasteiger partial charge in [-0.15, -0.1) is 0 Å². The average Bonchev–Trinajstić information content (AvgIpc) is 3.53. The first kappa shape index (κ1) is 22.6. The molecule has 1 aromatic carbocycles. The highest BCUT2D eigenvalue weighted by molar-refractivity contribution is 5.98. The normalized spacial score (nSPS) is 13.5. The number of amides is 2. The Bertz CT molecular complexity index is 1490. The molecule has 0 fully saturated rings. The van der Waals surface area contributed by atoms with Crippen molar-refractivity contribution in [1.82, 2.24) is 19.1 Å². The van der Waals surface area contributed by atoms with Crippen LogP contribution in [0, 0.1) is 5.82 Å². The summed E-state index contributed by atoms with van der Waals surface area (Å²) in [5.74, 6) is -0.637. The Hall–Kier alpha value is -4.21. The molecule has 1 aliphatic rings. The average molecular weight is 477 g/mol. The van der Waals surface area contributed by atoms with Gasteiger partial charge in [0.25, 0.3) is 11.5 Å². The Morgan fingerprint density at radius 3 is 2.57 bits per heavy atom. The minimum Gasteiger partial charge on any atom is -0.467 e. The number of nitrogens with one attached hydrogen (secondary N) is 1. The molecule has 4 heterocycles. The standard InChI is InChI=1S/C25H24FN5O4/c1-25(2,3)19-11-21-30(14-20(32)27-16-8-6-15(26)7-9-16)22-18(23(33)31(21)28-19)13-29(24(22)34)12-17-5-4-10-35-17/h4-11H,12-14H2,1-3H3,(H,27,32). The van der Waals surface area contributed by atoms with Crippen LogP contribution in [-0.2, 0) is 29.8 Å². The summed E-state index contributed by atoms with van der Waals surface area (Å²) in [6, 6.07) is 10.6. The molecule has 5 rings (SSSR count). The highest BCUT2D eigenvalue weighted by Gasteiger charge is 2.36. The summed E-state index contributed by atoms with van der Waals surface area (Å²) in [6.45, 7) is 5.93. The molecule has 0 aliphatic carbocycles. The molecule has 3 aromatic heterocycles. The number of carbonyl (C=O) groups is 2. The fourth-order valence-corrected chi connectivity index (χ4v) is 4.14. The van der Waals surface area contributed by atoms with Gasteiger partial charge in [0.05, 0.1) is 30.6 Å². The Kier molecular flexibility index (Phi) is 5.31. The lowest BCUT2D eigenvalue weighted by Crippen LogP contribution is -2.29. The lowest BCUT2D eigenvalue weighted by molar-refractivity contribution is -0.116.